The summed E-state index contributed by atoms with van der Waals surface area (Å²) in [4.78, 5) is 21.9. The van der Waals surface area contributed by atoms with Crippen molar-refractivity contribution in [3.63, 3.8) is 0 Å². The Hall–Kier alpha value is -3.02. The Bertz CT molecular complexity index is 878. The summed E-state index contributed by atoms with van der Waals surface area (Å²) in [6, 6.07) is 13.4. The van der Waals surface area contributed by atoms with Gasteiger partial charge in [0.05, 0.1) is 37.7 Å². The normalized spacial score (nSPS) is 15.2. The van der Waals surface area contributed by atoms with Crippen molar-refractivity contribution < 1.29 is 14.3 Å². The lowest BCUT2D eigenvalue weighted by atomic mass is 10.1. The van der Waals surface area contributed by atoms with E-state index in [-0.39, 0.29) is 12.3 Å². The second-order valence-electron chi connectivity index (χ2n) is 6.25. The van der Waals surface area contributed by atoms with Crippen LogP contribution in [0.2, 0.25) is 0 Å². The van der Waals surface area contributed by atoms with Crippen LogP contribution in [0.15, 0.2) is 47.5 Å². The van der Waals surface area contributed by atoms with Gasteiger partial charge in [0.1, 0.15) is 11.5 Å². The van der Waals surface area contributed by atoms with Gasteiger partial charge < -0.3 is 19.3 Å². The Labute approximate surface area is 152 Å². The quantitative estimate of drug-likeness (QED) is 0.775. The Morgan fingerprint density at radius 2 is 1.92 bits per heavy atom. The summed E-state index contributed by atoms with van der Waals surface area (Å²) in [5.41, 5.74) is 2.64. The largest absolute Gasteiger partial charge is 0.497 e. The molecule has 2 heterocycles. The van der Waals surface area contributed by atoms with Gasteiger partial charge in [-0.2, -0.15) is 0 Å². The second-order valence-corrected chi connectivity index (χ2v) is 6.25. The Morgan fingerprint density at radius 1 is 1.12 bits per heavy atom. The number of guanidine groups is 1. The summed E-state index contributed by atoms with van der Waals surface area (Å²) >= 11 is 0. The van der Waals surface area contributed by atoms with Crippen molar-refractivity contribution in [1.82, 2.24) is 0 Å². The molecule has 0 fully saturated rings. The van der Waals surface area contributed by atoms with Crippen molar-refractivity contribution in [2.75, 3.05) is 43.7 Å². The third kappa shape index (κ3) is 2.67. The van der Waals surface area contributed by atoms with Crippen molar-refractivity contribution in [3.05, 3.63) is 48.0 Å². The van der Waals surface area contributed by atoms with Crippen LogP contribution in [0.25, 0.3) is 0 Å². The lowest BCUT2D eigenvalue weighted by Gasteiger charge is -2.26. The molecule has 0 radical (unpaired) electrons. The SMILES string of the molecule is COc1ccc(OC)c(C(=O)CN2C3=NCCCN3c3ccccc32)c1. The Balaban J connectivity index is 1.69. The fourth-order valence-electron chi connectivity index (χ4n) is 3.50. The predicted octanol–water partition coefficient (Wildman–Crippen LogP) is 2.97. The number of anilines is 2. The molecule has 0 amide bonds. The first-order valence-corrected chi connectivity index (χ1v) is 8.66. The van der Waals surface area contributed by atoms with Gasteiger partial charge in [-0.15, -0.1) is 0 Å². The molecule has 2 aliphatic heterocycles. The first-order chi connectivity index (χ1) is 12.7. The molecule has 6 heteroatoms. The molecule has 0 N–H and O–H groups in total. The zero-order valence-electron chi connectivity index (χ0n) is 14.9. The number of para-hydroxylation sites is 2. The van der Waals surface area contributed by atoms with Crippen LogP contribution in [0.5, 0.6) is 11.5 Å². The average Bonchev–Trinajstić information content (AvgIpc) is 3.01. The van der Waals surface area contributed by atoms with E-state index in [1.54, 1.807) is 32.4 Å². The molecule has 26 heavy (non-hydrogen) atoms. The minimum absolute atomic E-state index is 0.0364. The standard InChI is InChI=1S/C20H21N3O3/c1-25-14-8-9-19(26-2)15(12-14)18(24)13-23-17-7-4-3-6-16(17)22-11-5-10-21-20(22)23/h3-4,6-9,12H,5,10-11,13H2,1-2H3. The van der Waals surface area contributed by atoms with E-state index in [1.807, 2.05) is 23.1 Å². The number of fused-ring (bicyclic) bond motifs is 3. The molecule has 0 atom stereocenters. The number of benzene rings is 2. The number of nitrogens with zero attached hydrogens (tertiary/aromatic N) is 3. The van der Waals surface area contributed by atoms with E-state index in [4.69, 9.17) is 9.47 Å². The van der Waals surface area contributed by atoms with Crippen LogP contribution in [0.4, 0.5) is 11.4 Å². The molecule has 0 aliphatic carbocycles. The summed E-state index contributed by atoms with van der Waals surface area (Å²) < 4.78 is 10.6. The summed E-state index contributed by atoms with van der Waals surface area (Å²) in [5.74, 6) is 2.00. The zero-order valence-corrected chi connectivity index (χ0v) is 14.9. The van der Waals surface area contributed by atoms with E-state index >= 15 is 0 Å². The summed E-state index contributed by atoms with van der Waals surface area (Å²) in [6.45, 7) is 1.91. The van der Waals surface area contributed by atoms with Crippen LogP contribution in [0.1, 0.15) is 16.8 Å². The van der Waals surface area contributed by atoms with Crippen molar-refractivity contribution >= 4 is 23.1 Å². The molecular weight excluding hydrogens is 330 g/mol. The maximum Gasteiger partial charge on any atom is 0.206 e. The number of aliphatic imine (C=N–C) groups is 1. The molecule has 4 rings (SSSR count). The van der Waals surface area contributed by atoms with Gasteiger partial charge in [-0.25, -0.2) is 0 Å². The smallest absolute Gasteiger partial charge is 0.206 e. The monoisotopic (exact) mass is 351 g/mol. The number of hydrogen-bond acceptors (Lipinski definition) is 6. The average molecular weight is 351 g/mol. The first-order valence-electron chi connectivity index (χ1n) is 8.66. The maximum absolute atomic E-state index is 13.1. The summed E-state index contributed by atoms with van der Waals surface area (Å²) in [6.07, 6.45) is 1.02. The van der Waals surface area contributed by atoms with Crippen LogP contribution in [0, 0.1) is 0 Å². The highest BCUT2D eigenvalue weighted by Gasteiger charge is 2.35. The lowest BCUT2D eigenvalue weighted by Crippen LogP contribution is -2.44. The lowest BCUT2D eigenvalue weighted by molar-refractivity contribution is 0.0999. The number of ether oxygens (including phenoxy) is 2. The molecule has 2 aromatic rings. The number of rotatable bonds is 5. The fourth-order valence-corrected chi connectivity index (χ4v) is 3.50. The van der Waals surface area contributed by atoms with E-state index in [9.17, 15) is 4.79 Å². The molecule has 134 valence electrons. The molecular formula is C20H21N3O3. The summed E-state index contributed by atoms with van der Waals surface area (Å²) in [5, 5.41) is 0. The number of carbonyl (C=O) groups excluding carboxylic acids is 1. The van der Waals surface area contributed by atoms with Crippen LogP contribution < -0.4 is 19.3 Å². The van der Waals surface area contributed by atoms with Gasteiger partial charge in [-0.1, -0.05) is 12.1 Å². The maximum atomic E-state index is 13.1. The van der Waals surface area contributed by atoms with Crippen LogP contribution >= 0.6 is 0 Å². The van der Waals surface area contributed by atoms with E-state index < -0.39 is 0 Å². The predicted molar refractivity (Wildman–Crippen MR) is 102 cm³/mol. The second kappa shape index (κ2) is 6.71. The fraction of sp³-hybridized carbons (Fsp3) is 0.300. The molecule has 0 bridgehead atoms. The van der Waals surface area contributed by atoms with Gasteiger partial charge in [0.25, 0.3) is 0 Å². The number of methoxy groups -OCH3 is 2. The highest BCUT2D eigenvalue weighted by molar-refractivity contribution is 6.19. The Morgan fingerprint density at radius 3 is 2.69 bits per heavy atom. The molecule has 0 unspecified atom stereocenters. The minimum Gasteiger partial charge on any atom is -0.497 e. The van der Waals surface area contributed by atoms with Gasteiger partial charge in [0.2, 0.25) is 5.96 Å². The van der Waals surface area contributed by atoms with E-state index in [1.165, 1.54) is 0 Å². The van der Waals surface area contributed by atoms with Crippen LogP contribution in [-0.4, -0.2) is 45.6 Å². The highest BCUT2D eigenvalue weighted by Crippen LogP contribution is 2.38. The van der Waals surface area contributed by atoms with Gasteiger partial charge in [0.15, 0.2) is 5.78 Å². The van der Waals surface area contributed by atoms with Crippen molar-refractivity contribution in [3.8, 4) is 11.5 Å². The number of ketones is 1. The van der Waals surface area contributed by atoms with Gasteiger partial charge in [-0.3, -0.25) is 9.79 Å². The minimum atomic E-state index is -0.0364. The molecule has 0 aromatic heterocycles. The van der Waals surface area contributed by atoms with Crippen LogP contribution in [0.3, 0.4) is 0 Å². The van der Waals surface area contributed by atoms with Crippen molar-refractivity contribution in [2.24, 2.45) is 4.99 Å². The summed E-state index contributed by atoms with van der Waals surface area (Å²) in [7, 11) is 3.15. The van der Waals surface area contributed by atoms with Crippen molar-refractivity contribution in [2.45, 2.75) is 6.42 Å². The number of carbonyl (C=O) groups is 1. The van der Waals surface area contributed by atoms with Gasteiger partial charge >= 0.3 is 0 Å². The molecule has 0 saturated heterocycles. The van der Waals surface area contributed by atoms with Crippen molar-refractivity contribution in [1.29, 1.82) is 0 Å². The zero-order chi connectivity index (χ0) is 18.1. The number of hydrogen-bond donors (Lipinski definition) is 0. The first kappa shape index (κ1) is 16.4. The van der Waals surface area contributed by atoms with E-state index in [2.05, 4.69) is 16.0 Å². The molecule has 6 nitrogen and oxygen atoms in total. The molecule has 2 aromatic carbocycles. The molecule has 0 saturated carbocycles. The molecule has 0 spiro atoms. The molecule has 2 aliphatic rings. The van der Waals surface area contributed by atoms with Gasteiger partial charge in [0, 0.05) is 13.1 Å². The third-order valence-corrected chi connectivity index (χ3v) is 4.75. The third-order valence-electron chi connectivity index (χ3n) is 4.75. The number of Topliss-reactive ketones (excluding diaryl/α,β-unsaturated/α-hetero) is 1. The van der Waals surface area contributed by atoms with Crippen LogP contribution in [-0.2, 0) is 0 Å². The van der Waals surface area contributed by atoms with Gasteiger partial charge in [-0.05, 0) is 36.8 Å². The highest BCUT2D eigenvalue weighted by atomic mass is 16.5. The topological polar surface area (TPSA) is 54.4 Å². The van der Waals surface area contributed by atoms with E-state index in [0.717, 1.165) is 36.8 Å². The Kier molecular flexibility index (Phi) is 4.24. The van der Waals surface area contributed by atoms with E-state index in [0.29, 0.717) is 17.1 Å².